The molecule has 0 saturated carbocycles. The van der Waals surface area contributed by atoms with Gasteiger partial charge in [-0.2, -0.15) is 0 Å². The zero-order chi connectivity index (χ0) is 14.5. The molecule has 0 spiro atoms. The highest BCUT2D eigenvalue weighted by Crippen LogP contribution is 2.19. The van der Waals surface area contributed by atoms with Gasteiger partial charge in [-0.1, -0.05) is 0 Å². The van der Waals surface area contributed by atoms with Crippen LogP contribution in [0.3, 0.4) is 0 Å². The summed E-state index contributed by atoms with van der Waals surface area (Å²) < 4.78 is 5.74. The molecule has 0 aliphatic carbocycles. The maximum absolute atomic E-state index is 12.2. The van der Waals surface area contributed by atoms with E-state index in [1.165, 1.54) is 12.8 Å². The molecule has 2 saturated heterocycles. The van der Waals surface area contributed by atoms with Crippen molar-refractivity contribution in [3.63, 3.8) is 0 Å². The van der Waals surface area contributed by atoms with E-state index in [9.17, 15) is 4.79 Å². The van der Waals surface area contributed by atoms with Gasteiger partial charge in [0.25, 0.3) is 0 Å². The molecule has 4 heteroatoms. The summed E-state index contributed by atoms with van der Waals surface area (Å²) in [5.41, 5.74) is 0. The predicted octanol–water partition coefficient (Wildman–Crippen LogP) is 2.32. The molecule has 2 heterocycles. The fourth-order valence-corrected chi connectivity index (χ4v) is 3.57. The third-order valence-corrected chi connectivity index (χ3v) is 4.59. The van der Waals surface area contributed by atoms with E-state index in [1.807, 2.05) is 0 Å². The normalized spacial score (nSPS) is 35.0. The van der Waals surface area contributed by atoms with Crippen molar-refractivity contribution < 1.29 is 9.53 Å². The number of piperidine rings is 1. The van der Waals surface area contributed by atoms with Gasteiger partial charge in [0.2, 0.25) is 5.91 Å². The molecule has 1 amide bonds. The van der Waals surface area contributed by atoms with Gasteiger partial charge in [0, 0.05) is 31.6 Å². The number of nitrogens with zero attached hydrogens (tertiary/aromatic N) is 1. The van der Waals surface area contributed by atoms with E-state index in [0.717, 1.165) is 32.4 Å². The van der Waals surface area contributed by atoms with Crippen molar-refractivity contribution in [1.29, 1.82) is 0 Å². The second-order valence-electron chi connectivity index (χ2n) is 6.56. The van der Waals surface area contributed by atoms with Gasteiger partial charge < -0.3 is 15.0 Å². The second kappa shape index (κ2) is 7.41. The van der Waals surface area contributed by atoms with Crippen LogP contribution in [0.5, 0.6) is 0 Å². The van der Waals surface area contributed by atoms with Crippen molar-refractivity contribution in [2.24, 2.45) is 0 Å². The van der Waals surface area contributed by atoms with Gasteiger partial charge in [0.15, 0.2) is 0 Å². The third kappa shape index (κ3) is 4.45. The Labute approximate surface area is 123 Å². The highest BCUT2D eigenvalue weighted by molar-refractivity contribution is 5.76. The van der Waals surface area contributed by atoms with Gasteiger partial charge in [0.1, 0.15) is 0 Å². The Hall–Kier alpha value is -0.610. The molecule has 2 aliphatic rings. The molecule has 1 unspecified atom stereocenters. The molecule has 4 nitrogen and oxygen atoms in total. The predicted molar refractivity (Wildman–Crippen MR) is 80.7 cm³/mol. The first-order valence-corrected chi connectivity index (χ1v) is 8.24. The molecule has 0 bridgehead atoms. The highest BCUT2D eigenvalue weighted by atomic mass is 16.5. The van der Waals surface area contributed by atoms with Crippen molar-refractivity contribution in [3.8, 4) is 0 Å². The fourth-order valence-electron chi connectivity index (χ4n) is 3.57. The van der Waals surface area contributed by atoms with Gasteiger partial charge in [-0.3, -0.25) is 4.79 Å². The summed E-state index contributed by atoms with van der Waals surface area (Å²) in [6.45, 7) is 8.18. The summed E-state index contributed by atoms with van der Waals surface area (Å²) in [6.07, 6.45) is 6.98. The van der Waals surface area contributed by atoms with Crippen LogP contribution in [0.1, 0.15) is 59.3 Å². The lowest BCUT2D eigenvalue weighted by molar-refractivity contribution is -0.134. The largest absolute Gasteiger partial charge is 0.375 e. The van der Waals surface area contributed by atoms with Crippen LogP contribution in [0.15, 0.2) is 0 Å². The van der Waals surface area contributed by atoms with Gasteiger partial charge in [-0.25, -0.2) is 0 Å². The maximum Gasteiger partial charge on any atom is 0.224 e. The smallest absolute Gasteiger partial charge is 0.224 e. The average Bonchev–Trinajstić information content (AvgIpc) is 2.38. The number of hydrogen-bond donors (Lipinski definition) is 1. The minimum absolute atomic E-state index is 0.317. The van der Waals surface area contributed by atoms with Crippen molar-refractivity contribution in [2.75, 3.05) is 13.1 Å². The molecule has 1 N–H and O–H groups in total. The number of hydrogen-bond acceptors (Lipinski definition) is 3. The molecule has 0 aromatic carbocycles. The average molecular weight is 282 g/mol. The number of ether oxygens (including phenoxy) is 1. The molecule has 20 heavy (non-hydrogen) atoms. The minimum Gasteiger partial charge on any atom is -0.375 e. The first-order valence-electron chi connectivity index (χ1n) is 8.24. The summed E-state index contributed by atoms with van der Waals surface area (Å²) >= 11 is 0. The second-order valence-corrected chi connectivity index (χ2v) is 6.56. The number of rotatable bonds is 4. The zero-order valence-corrected chi connectivity index (χ0v) is 13.2. The number of nitrogens with one attached hydrogen (secondary N) is 1. The van der Waals surface area contributed by atoms with Crippen molar-refractivity contribution >= 4 is 5.91 Å². The van der Waals surface area contributed by atoms with E-state index in [4.69, 9.17) is 4.74 Å². The molecule has 4 atom stereocenters. The Kier molecular flexibility index (Phi) is 5.85. The van der Waals surface area contributed by atoms with Gasteiger partial charge in [-0.05, 0) is 52.9 Å². The molecule has 2 aliphatic heterocycles. The van der Waals surface area contributed by atoms with Crippen LogP contribution < -0.4 is 5.32 Å². The molecule has 116 valence electrons. The quantitative estimate of drug-likeness (QED) is 0.860. The standard InChI is InChI=1S/C16H30N2O2/c1-12-6-4-5-9-18(12)16(19)7-8-17-15-10-13(2)20-14(3)11-15/h12-15,17H,4-11H2,1-3H3/t12-,13-,14+,15?/m1/s1. The van der Waals surface area contributed by atoms with Crippen LogP contribution in [0.2, 0.25) is 0 Å². The summed E-state index contributed by atoms with van der Waals surface area (Å²) in [7, 11) is 0. The van der Waals surface area contributed by atoms with Gasteiger partial charge in [0.05, 0.1) is 12.2 Å². The molecule has 2 rings (SSSR count). The summed E-state index contributed by atoms with van der Waals surface area (Å²) in [5.74, 6) is 0.317. The van der Waals surface area contributed by atoms with Crippen LogP contribution in [-0.2, 0) is 9.53 Å². The molecular weight excluding hydrogens is 252 g/mol. The lowest BCUT2D eigenvalue weighted by atomic mass is 9.99. The molecule has 0 aromatic heterocycles. The van der Waals surface area contributed by atoms with Crippen LogP contribution in [0, 0.1) is 0 Å². The fraction of sp³-hybridized carbons (Fsp3) is 0.938. The topological polar surface area (TPSA) is 41.6 Å². The molecule has 0 aromatic rings. The van der Waals surface area contributed by atoms with Crippen molar-refractivity contribution in [3.05, 3.63) is 0 Å². The van der Waals surface area contributed by atoms with Crippen LogP contribution >= 0.6 is 0 Å². The number of likely N-dealkylation sites (tertiary alicyclic amines) is 1. The first-order chi connectivity index (χ1) is 9.56. The van der Waals surface area contributed by atoms with Crippen LogP contribution in [-0.4, -0.2) is 48.2 Å². The lowest BCUT2D eigenvalue weighted by Crippen LogP contribution is -2.45. The van der Waals surface area contributed by atoms with Gasteiger partial charge in [-0.15, -0.1) is 0 Å². The van der Waals surface area contributed by atoms with E-state index in [-0.39, 0.29) is 0 Å². The van der Waals surface area contributed by atoms with Gasteiger partial charge >= 0.3 is 0 Å². The van der Waals surface area contributed by atoms with Crippen molar-refractivity contribution in [1.82, 2.24) is 10.2 Å². The Morgan fingerprint density at radius 3 is 2.55 bits per heavy atom. The van der Waals surface area contributed by atoms with Crippen molar-refractivity contribution in [2.45, 2.75) is 83.6 Å². The monoisotopic (exact) mass is 282 g/mol. The van der Waals surface area contributed by atoms with E-state index in [2.05, 4.69) is 31.0 Å². The maximum atomic E-state index is 12.2. The SMILES string of the molecule is C[C@@H]1CC(NCCC(=O)N2CCCC[C@H]2C)C[C@H](C)O1. The Balaban J connectivity index is 1.68. The van der Waals surface area contributed by atoms with E-state index >= 15 is 0 Å². The third-order valence-electron chi connectivity index (χ3n) is 4.59. The van der Waals surface area contributed by atoms with E-state index < -0.39 is 0 Å². The lowest BCUT2D eigenvalue weighted by Gasteiger charge is -2.34. The number of amides is 1. The van der Waals surface area contributed by atoms with E-state index in [0.29, 0.717) is 36.6 Å². The Bertz CT molecular complexity index is 312. The zero-order valence-electron chi connectivity index (χ0n) is 13.2. The van der Waals surface area contributed by atoms with E-state index in [1.54, 1.807) is 0 Å². The summed E-state index contributed by atoms with van der Waals surface area (Å²) in [4.78, 5) is 14.3. The minimum atomic E-state index is 0.317. The summed E-state index contributed by atoms with van der Waals surface area (Å²) in [5, 5.41) is 3.54. The van der Waals surface area contributed by atoms with Crippen LogP contribution in [0.25, 0.3) is 0 Å². The Morgan fingerprint density at radius 2 is 1.90 bits per heavy atom. The molecule has 0 radical (unpaired) electrons. The number of carbonyl (C=O) groups excluding carboxylic acids is 1. The highest BCUT2D eigenvalue weighted by Gasteiger charge is 2.25. The first kappa shape index (κ1) is 15.8. The Morgan fingerprint density at radius 1 is 1.20 bits per heavy atom. The van der Waals surface area contributed by atoms with Crippen LogP contribution in [0.4, 0.5) is 0 Å². The summed E-state index contributed by atoms with van der Waals surface area (Å²) in [6, 6.07) is 0.930. The number of carbonyl (C=O) groups is 1. The molecule has 2 fully saturated rings. The molecular formula is C16H30N2O2.